The van der Waals surface area contributed by atoms with Crippen molar-refractivity contribution in [3.05, 3.63) is 54.6 Å². The van der Waals surface area contributed by atoms with Crippen LogP contribution in [0.5, 0.6) is 11.5 Å². The van der Waals surface area contributed by atoms with E-state index in [-0.39, 0.29) is 41.6 Å². The van der Waals surface area contributed by atoms with Crippen molar-refractivity contribution in [1.82, 2.24) is 24.1 Å². The summed E-state index contributed by atoms with van der Waals surface area (Å²) in [6.45, 7) is 0. The minimum Gasteiger partial charge on any atom is -1.00 e. The molecule has 0 atom stereocenters. The van der Waals surface area contributed by atoms with Gasteiger partial charge in [0.2, 0.25) is 0 Å². The molecular formula is C23H21Cl2CoN5O2. The largest absolute Gasteiger partial charge is 2.00 e. The summed E-state index contributed by atoms with van der Waals surface area (Å²) in [5.74, 6) is 3.15. The predicted molar refractivity (Wildman–Crippen MR) is 117 cm³/mol. The first-order chi connectivity index (χ1) is 14.6. The number of fused-ring (bicyclic) bond motifs is 2. The van der Waals surface area contributed by atoms with Gasteiger partial charge in [0, 0.05) is 26.2 Å². The Balaban J connectivity index is 0.00000128. The molecule has 5 rings (SSSR count). The van der Waals surface area contributed by atoms with Crippen LogP contribution in [0.15, 0.2) is 54.6 Å². The molecule has 0 amide bonds. The maximum Gasteiger partial charge on any atom is 2.00 e. The van der Waals surface area contributed by atoms with E-state index in [1.807, 2.05) is 77.8 Å². The van der Waals surface area contributed by atoms with Crippen molar-refractivity contribution in [2.45, 2.75) is 0 Å². The molecule has 0 bridgehead atoms. The molecule has 2 aromatic carbocycles. The molecule has 3 heterocycles. The van der Waals surface area contributed by atoms with Crippen molar-refractivity contribution in [1.29, 1.82) is 0 Å². The number of benzene rings is 2. The first-order valence-corrected chi connectivity index (χ1v) is 9.58. The molecule has 33 heavy (non-hydrogen) atoms. The summed E-state index contributed by atoms with van der Waals surface area (Å²) in [7, 11) is 7.30. The van der Waals surface area contributed by atoms with E-state index < -0.39 is 0 Å². The molecule has 1 radical (unpaired) electrons. The molecule has 0 unspecified atom stereocenters. The van der Waals surface area contributed by atoms with Crippen LogP contribution in [0.4, 0.5) is 0 Å². The van der Waals surface area contributed by atoms with E-state index in [4.69, 9.17) is 24.4 Å². The van der Waals surface area contributed by atoms with Crippen LogP contribution in [0.1, 0.15) is 0 Å². The predicted octanol–water partition coefficient (Wildman–Crippen LogP) is -1.79. The zero-order chi connectivity index (χ0) is 20.8. The summed E-state index contributed by atoms with van der Waals surface area (Å²) in [4.78, 5) is 14.5. The number of halogens is 2. The van der Waals surface area contributed by atoms with Crippen molar-refractivity contribution in [3.8, 4) is 34.5 Å². The molecule has 0 saturated heterocycles. The topological polar surface area (TPSA) is 67.0 Å². The van der Waals surface area contributed by atoms with Crippen LogP contribution >= 0.6 is 0 Å². The Bertz CT molecular complexity index is 1310. The molecular weight excluding hydrogens is 508 g/mol. The summed E-state index contributed by atoms with van der Waals surface area (Å²) >= 11 is 0. The zero-order valence-electron chi connectivity index (χ0n) is 18.3. The molecule has 7 nitrogen and oxygen atoms in total. The standard InChI is InChI=1S/C23H21N5O2.2ClH.Co/c1-27-20-10-8-14(29-3)12-18(20)25-22(27)16-6-5-7-17(24-16)23-26-19-13-15(30-4)9-11-21(19)28(23)2;;;/h5-13H,1-4H3;2*1H;/q;;;+2/p-2. The fourth-order valence-electron chi connectivity index (χ4n) is 3.76. The number of aromatic nitrogens is 5. The summed E-state index contributed by atoms with van der Waals surface area (Å²) in [6.07, 6.45) is 0. The third-order valence-corrected chi connectivity index (χ3v) is 5.38. The van der Waals surface area contributed by atoms with E-state index in [0.29, 0.717) is 0 Å². The first kappa shape index (κ1) is 26.5. The normalized spacial score (nSPS) is 10.3. The second kappa shape index (κ2) is 10.4. The number of rotatable bonds is 4. The average Bonchev–Trinajstić information content (AvgIpc) is 3.30. The van der Waals surface area contributed by atoms with Gasteiger partial charge in [-0.1, -0.05) is 6.07 Å². The molecule has 0 aliphatic heterocycles. The Labute approximate surface area is 214 Å². The molecule has 0 N–H and O–H groups in total. The number of ether oxygens (including phenoxy) is 2. The first-order valence-electron chi connectivity index (χ1n) is 9.58. The van der Waals surface area contributed by atoms with Gasteiger partial charge in [0.1, 0.15) is 22.9 Å². The molecule has 0 fully saturated rings. The number of aryl methyl sites for hydroxylation is 2. The van der Waals surface area contributed by atoms with E-state index in [1.54, 1.807) is 14.2 Å². The van der Waals surface area contributed by atoms with Gasteiger partial charge in [0.25, 0.3) is 0 Å². The number of nitrogens with zero attached hydrogens (tertiary/aromatic N) is 5. The Hall–Kier alpha value is -2.78. The quantitative estimate of drug-likeness (QED) is 0.276. The van der Waals surface area contributed by atoms with E-state index in [0.717, 1.165) is 56.6 Å². The van der Waals surface area contributed by atoms with Crippen molar-refractivity contribution in [2.75, 3.05) is 14.2 Å². The van der Waals surface area contributed by atoms with Gasteiger partial charge in [-0.05, 0) is 36.4 Å². The van der Waals surface area contributed by atoms with Crippen LogP contribution in [0.2, 0.25) is 0 Å². The number of imidazole rings is 2. The minimum absolute atomic E-state index is 0. The molecule has 0 aliphatic carbocycles. The smallest absolute Gasteiger partial charge is 1.00 e. The summed E-state index contributed by atoms with van der Waals surface area (Å²) in [6, 6.07) is 17.7. The fourth-order valence-corrected chi connectivity index (χ4v) is 3.76. The van der Waals surface area contributed by atoms with Gasteiger partial charge in [-0.15, -0.1) is 0 Å². The molecule has 0 aliphatic rings. The summed E-state index contributed by atoms with van der Waals surface area (Å²) < 4.78 is 14.7. The number of methoxy groups -OCH3 is 2. The Morgan fingerprint density at radius 2 is 1.06 bits per heavy atom. The molecule has 0 spiro atoms. The SMILES string of the molecule is COc1ccc2c(c1)nc(-c1cccc(-c3nc4cc(OC)ccc4n3C)n1)n2C.[Cl-].[Cl-].[Co+2]. The van der Waals surface area contributed by atoms with Gasteiger partial charge in [0.05, 0.1) is 36.3 Å². The molecule has 3 aromatic heterocycles. The fraction of sp³-hybridized carbons (Fsp3) is 0.174. The number of pyridine rings is 1. The third-order valence-electron chi connectivity index (χ3n) is 5.38. The van der Waals surface area contributed by atoms with Crippen LogP contribution in [0.3, 0.4) is 0 Å². The zero-order valence-corrected chi connectivity index (χ0v) is 20.9. The summed E-state index contributed by atoms with van der Waals surface area (Å²) in [5, 5.41) is 0. The second-order valence-corrected chi connectivity index (χ2v) is 7.11. The molecule has 5 aromatic rings. The van der Waals surface area contributed by atoms with Gasteiger partial charge in [0.15, 0.2) is 11.6 Å². The van der Waals surface area contributed by atoms with Crippen molar-refractivity contribution in [3.63, 3.8) is 0 Å². The van der Waals surface area contributed by atoms with E-state index >= 15 is 0 Å². The van der Waals surface area contributed by atoms with Crippen LogP contribution in [-0.2, 0) is 30.9 Å². The summed E-state index contributed by atoms with van der Waals surface area (Å²) in [5.41, 5.74) is 5.35. The van der Waals surface area contributed by atoms with Crippen LogP contribution in [0.25, 0.3) is 45.1 Å². The van der Waals surface area contributed by atoms with Crippen molar-refractivity contribution < 1.29 is 51.1 Å². The average molecular weight is 529 g/mol. The van der Waals surface area contributed by atoms with E-state index in [1.165, 1.54) is 0 Å². The molecule has 0 saturated carbocycles. The van der Waals surface area contributed by atoms with Crippen molar-refractivity contribution in [2.24, 2.45) is 14.1 Å². The maximum absolute atomic E-state index is 5.33. The van der Waals surface area contributed by atoms with Crippen LogP contribution in [-0.4, -0.2) is 38.3 Å². The van der Waals surface area contributed by atoms with Crippen LogP contribution in [0, 0.1) is 0 Å². The van der Waals surface area contributed by atoms with Gasteiger partial charge >= 0.3 is 16.8 Å². The number of hydrogen-bond donors (Lipinski definition) is 0. The van der Waals surface area contributed by atoms with Gasteiger partial charge in [-0.2, -0.15) is 0 Å². The minimum atomic E-state index is 0. The van der Waals surface area contributed by atoms with Gasteiger partial charge < -0.3 is 43.4 Å². The third kappa shape index (κ3) is 4.52. The monoisotopic (exact) mass is 528 g/mol. The number of hydrogen-bond acceptors (Lipinski definition) is 5. The van der Waals surface area contributed by atoms with E-state index in [2.05, 4.69) is 0 Å². The Morgan fingerprint density at radius 3 is 1.45 bits per heavy atom. The molecule has 10 heteroatoms. The Kier molecular flexibility index (Phi) is 8.37. The maximum atomic E-state index is 5.33. The van der Waals surface area contributed by atoms with Gasteiger partial charge in [-0.3, -0.25) is 0 Å². The Morgan fingerprint density at radius 1 is 0.636 bits per heavy atom. The molecule has 173 valence electrons. The van der Waals surface area contributed by atoms with E-state index in [9.17, 15) is 0 Å². The second-order valence-electron chi connectivity index (χ2n) is 7.11. The van der Waals surface area contributed by atoms with Crippen LogP contribution < -0.4 is 34.3 Å². The van der Waals surface area contributed by atoms with Gasteiger partial charge in [-0.25, -0.2) is 15.0 Å². The van der Waals surface area contributed by atoms with Crippen molar-refractivity contribution >= 4 is 22.1 Å².